The van der Waals surface area contributed by atoms with Crippen LogP contribution in [-0.2, 0) is 6.42 Å². The van der Waals surface area contributed by atoms with Gasteiger partial charge >= 0.3 is 0 Å². The van der Waals surface area contributed by atoms with E-state index in [1.54, 1.807) is 0 Å². The summed E-state index contributed by atoms with van der Waals surface area (Å²) < 4.78 is 4.30. The van der Waals surface area contributed by atoms with Crippen LogP contribution in [0.1, 0.15) is 5.56 Å². The van der Waals surface area contributed by atoms with Crippen LogP contribution in [-0.4, -0.2) is 4.37 Å². The van der Waals surface area contributed by atoms with Gasteiger partial charge in [-0.2, -0.15) is 9.64 Å². The van der Waals surface area contributed by atoms with Crippen molar-refractivity contribution in [3.8, 4) is 17.3 Å². The Labute approximate surface area is 86.6 Å². The third-order valence-corrected chi connectivity index (χ3v) is 2.64. The van der Waals surface area contributed by atoms with Crippen molar-refractivity contribution in [3.05, 3.63) is 41.3 Å². The normalized spacial score (nSPS) is 9.64. The van der Waals surface area contributed by atoms with Gasteiger partial charge in [-0.3, -0.25) is 0 Å². The smallest absolute Gasteiger partial charge is 0.0883 e. The van der Waals surface area contributed by atoms with Gasteiger partial charge in [0.05, 0.1) is 18.2 Å². The van der Waals surface area contributed by atoms with Crippen LogP contribution in [0.4, 0.5) is 0 Å². The van der Waals surface area contributed by atoms with E-state index in [1.807, 2.05) is 35.7 Å². The molecule has 0 fully saturated rings. The quantitative estimate of drug-likeness (QED) is 0.747. The minimum atomic E-state index is 0.431. The molecule has 2 nitrogen and oxygen atoms in total. The van der Waals surface area contributed by atoms with Crippen LogP contribution in [0.25, 0.3) is 11.3 Å². The van der Waals surface area contributed by atoms with E-state index in [4.69, 9.17) is 5.26 Å². The van der Waals surface area contributed by atoms with Gasteiger partial charge in [0, 0.05) is 16.5 Å². The molecule has 0 aliphatic heterocycles. The fourth-order valence-corrected chi connectivity index (χ4v) is 2.00. The first-order valence-electron chi connectivity index (χ1n) is 4.27. The number of nitriles is 1. The van der Waals surface area contributed by atoms with Gasteiger partial charge in [0.1, 0.15) is 0 Å². The highest BCUT2D eigenvalue weighted by Crippen LogP contribution is 2.23. The van der Waals surface area contributed by atoms with Gasteiger partial charge in [0.2, 0.25) is 0 Å². The number of hydrogen-bond donors (Lipinski definition) is 0. The maximum absolute atomic E-state index is 8.64. The van der Waals surface area contributed by atoms with Crippen molar-refractivity contribution in [1.29, 1.82) is 5.26 Å². The molecule has 1 aromatic carbocycles. The van der Waals surface area contributed by atoms with Crippen LogP contribution in [0, 0.1) is 11.3 Å². The van der Waals surface area contributed by atoms with Gasteiger partial charge < -0.3 is 0 Å². The Balaban J connectivity index is 2.43. The summed E-state index contributed by atoms with van der Waals surface area (Å²) in [5.74, 6) is 0. The van der Waals surface area contributed by atoms with E-state index in [1.165, 1.54) is 11.5 Å². The summed E-state index contributed by atoms with van der Waals surface area (Å²) in [6.45, 7) is 0. The SMILES string of the molecule is N#CCc1csnc1-c1ccccc1. The first-order valence-corrected chi connectivity index (χ1v) is 5.11. The molecular weight excluding hydrogens is 192 g/mol. The molecule has 0 atom stereocenters. The van der Waals surface area contributed by atoms with E-state index >= 15 is 0 Å². The largest absolute Gasteiger partial charge is 0.198 e. The van der Waals surface area contributed by atoms with Crippen LogP contribution in [0.3, 0.4) is 0 Å². The molecule has 0 bridgehead atoms. The Hall–Kier alpha value is -1.66. The van der Waals surface area contributed by atoms with Crippen molar-refractivity contribution in [3.63, 3.8) is 0 Å². The zero-order valence-corrected chi connectivity index (χ0v) is 8.29. The van der Waals surface area contributed by atoms with Crippen LogP contribution in [0.5, 0.6) is 0 Å². The average Bonchev–Trinajstić information content (AvgIpc) is 2.68. The van der Waals surface area contributed by atoms with E-state index in [2.05, 4.69) is 10.4 Å². The summed E-state index contributed by atoms with van der Waals surface area (Å²) in [7, 11) is 0. The van der Waals surface area contributed by atoms with E-state index in [-0.39, 0.29) is 0 Å². The molecule has 3 heteroatoms. The van der Waals surface area contributed by atoms with E-state index in [9.17, 15) is 0 Å². The van der Waals surface area contributed by atoms with Gasteiger partial charge in [-0.15, -0.1) is 0 Å². The van der Waals surface area contributed by atoms with Crippen molar-refractivity contribution < 1.29 is 0 Å². The summed E-state index contributed by atoms with van der Waals surface area (Å²) in [4.78, 5) is 0. The van der Waals surface area contributed by atoms with Crippen molar-refractivity contribution in [1.82, 2.24) is 4.37 Å². The molecule has 1 heterocycles. The number of rotatable bonds is 2. The topological polar surface area (TPSA) is 36.7 Å². The maximum Gasteiger partial charge on any atom is 0.0883 e. The van der Waals surface area contributed by atoms with E-state index in [0.717, 1.165) is 16.8 Å². The molecule has 0 amide bonds. The highest BCUT2D eigenvalue weighted by Gasteiger charge is 2.06. The summed E-state index contributed by atoms with van der Waals surface area (Å²) >= 11 is 1.40. The van der Waals surface area contributed by atoms with E-state index in [0.29, 0.717) is 6.42 Å². The Bertz CT molecular complexity index is 454. The molecule has 2 rings (SSSR count). The van der Waals surface area contributed by atoms with Crippen LogP contribution >= 0.6 is 11.5 Å². The lowest BCUT2D eigenvalue weighted by molar-refractivity contribution is 1.27. The Kier molecular flexibility index (Phi) is 2.57. The summed E-state index contributed by atoms with van der Waals surface area (Å²) in [5.41, 5.74) is 3.04. The molecule has 2 aromatic rings. The molecule has 0 aliphatic carbocycles. The fraction of sp³-hybridized carbons (Fsp3) is 0.0909. The van der Waals surface area contributed by atoms with Crippen molar-refractivity contribution >= 4 is 11.5 Å². The zero-order chi connectivity index (χ0) is 9.80. The molecule has 0 saturated heterocycles. The molecule has 0 aliphatic rings. The summed E-state index contributed by atoms with van der Waals surface area (Å²) in [6, 6.07) is 12.1. The standard InChI is InChI=1S/C11H8N2S/c12-7-6-10-8-14-13-11(10)9-4-2-1-3-5-9/h1-5,8H,6H2. The Morgan fingerprint density at radius 1 is 1.29 bits per heavy atom. The molecule has 0 saturated carbocycles. The second-order valence-electron chi connectivity index (χ2n) is 2.89. The van der Waals surface area contributed by atoms with Crippen molar-refractivity contribution in [2.75, 3.05) is 0 Å². The third-order valence-electron chi connectivity index (χ3n) is 1.96. The van der Waals surface area contributed by atoms with Crippen LogP contribution in [0.15, 0.2) is 35.7 Å². The fourth-order valence-electron chi connectivity index (χ4n) is 1.30. The summed E-state index contributed by atoms with van der Waals surface area (Å²) in [6.07, 6.45) is 0.431. The number of aromatic nitrogens is 1. The van der Waals surface area contributed by atoms with Gasteiger partial charge in [-0.05, 0) is 11.5 Å². The average molecular weight is 200 g/mol. The molecule has 14 heavy (non-hydrogen) atoms. The highest BCUT2D eigenvalue weighted by atomic mass is 32.1. The molecular formula is C11H8N2S. The van der Waals surface area contributed by atoms with Gasteiger partial charge in [0.15, 0.2) is 0 Å². The van der Waals surface area contributed by atoms with Crippen molar-refractivity contribution in [2.24, 2.45) is 0 Å². The van der Waals surface area contributed by atoms with Gasteiger partial charge in [0.25, 0.3) is 0 Å². The Morgan fingerprint density at radius 3 is 2.79 bits per heavy atom. The van der Waals surface area contributed by atoms with Crippen LogP contribution < -0.4 is 0 Å². The maximum atomic E-state index is 8.64. The lowest BCUT2D eigenvalue weighted by Crippen LogP contribution is -1.84. The van der Waals surface area contributed by atoms with Gasteiger partial charge in [-0.1, -0.05) is 30.3 Å². The molecule has 1 aromatic heterocycles. The Morgan fingerprint density at radius 2 is 2.07 bits per heavy atom. The number of benzene rings is 1. The molecule has 0 spiro atoms. The van der Waals surface area contributed by atoms with Crippen LogP contribution in [0.2, 0.25) is 0 Å². The number of nitrogens with zero attached hydrogens (tertiary/aromatic N) is 2. The first-order chi connectivity index (χ1) is 6.92. The lowest BCUT2D eigenvalue weighted by atomic mass is 10.1. The molecule has 0 unspecified atom stereocenters. The second kappa shape index (κ2) is 4.03. The minimum absolute atomic E-state index is 0.431. The van der Waals surface area contributed by atoms with Gasteiger partial charge in [-0.25, -0.2) is 0 Å². The predicted octanol–water partition coefficient (Wildman–Crippen LogP) is 2.88. The van der Waals surface area contributed by atoms with Crippen molar-refractivity contribution in [2.45, 2.75) is 6.42 Å². The molecule has 0 N–H and O–H groups in total. The third kappa shape index (κ3) is 1.66. The minimum Gasteiger partial charge on any atom is -0.198 e. The zero-order valence-electron chi connectivity index (χ0n) is 7.47. The predicted molar refractivity (Wildman–Crippen MR) is 56.9 cm³/mol. The highest BCUT2D eigenvalue weighted by molar-refractivity contribution is 7.04. The lowest BCUT2D eigenvalue weighted by Gasteiger charge is -1.97. The first kappa shape index (κ1) is 8.92. The second-order valence-corrected chi connectivity index (χ2v) is 3.52. The molecule has 68 valence electrons. The summed E-state index contributed by atoms with van der Waals surface area (Å²) in [5, 5.41) is 10.6. The molecule has 0 radical (unpaired) electrons. The monoisotopic (exact) mass is 200 g/mol. The number of hydrogen-bond acceptors (Lipinski definition) is 3. The van der Waals surface area contributed by atoms with E-state index < -0.39 is 0 Å².